The minimum absolute atomic E-state index is 0.0735. The number of carbonyl (C=O) groups excluding carboxylic acids is 2. The lowest BCUT2D eigenvalue weighted by molar-refractivity contribution is -0.142. The fourth-order valence-electron chi connectivity index (χ4n) is 3.69. The third-order valence-corrected chi connectivity index (χ3v) is 6.82. The number of amides is 2. The van der Waals surface area contributed by atoms with Gasteiger partial charge in [0.05, 0.1) is 17.1 Å². The predicted octanol–water partition coefficient (Wildman–Crippen LogP) is 3.04. The first-order chi connectivity index (χ1) is 12.8. The van der Waals surface area contributed by atoms with Crippen LogP contribution >= 0.6 is 0 Å². The first-order valence-electron chi connectivity index (χ1n) is 10.7. The Bertz CT molecular complexity index is 575. The van der Waals surface area contributed by atoms with Gasteiger partial charge in [-0.05, 0) is 52.4 Å². The van der Waals surface area contributed by atoms with Crippen molar-refractivity contribution in [3.8, 4) is 0 Å². The van der Waals surface area contributed by atoms with Crippen LogP contribution in [0.15, 0.2) is 0 Å². The molecule has 0 aromatic carbocycles. The molecule has 1 N–H and O–H groups in total. The van der Waals surface area contributed by atoms with Crippen molar-refractivity contribution in [1.29, 1.82) is 0 Å². The van der Waals surface area contributed by atoms with E-state index in [-0.39, 0.29) is 35.5 Å². The SMILES string of the molecule is CC(C)C(NC(=O)[C@@H]1CCCN1C(=O)[C@@H](C)C(C)C)B1OC(C)(C)C(C)(C)O1. The van der Waals surface area contributed by atoms with Crippen molar-refractivity contribution in [2.75, 3.05) is 6.54 Å². The van der Waals surface area contributed by atoms with Gasteiger partial charge in [-0.15, -0.1) is 0 Å². The Morgan fingerprint density at radius 3 is 2.00 bits per heavy atom. The number of nitrogens with zero attached hydrogens (tertiary/aromatic N) is 1. The van der Waals surface area contributed by atoms with E-state index in [1.165, 1.54) is 0 Å². The largest absolute Gasteiger partial charge is 0.482 e. The molecule has 0 bridgehead atoms. The van der Waals surface area contributed by atoms with Crippen LogP contribution in [0.3, 0.4) is 0 Å². The first-order valence-corrected chi connectivity index (χ1v) is 10.7. The molecule has 0 radical (unpaired) electrons. The van der Waals surface area contributed by atoms with Gasteiger partial charge in [-0.3, -0.25) is 9.59 Å². The molecule has 2 fully saturated rings. The van der Waals surface area contributed by atoms with Crippen LogP contribution in [0.2, 0.25) is 0 Å². The molecule has 2 heterocycles. The minimum Gasteiger partial charge on any atom is -0.402 e. The maximum Gasteiger partial charge on any atom is 0.482 e. The van der Waals surface area contributed by atoms with Crippen molar-refractivity contribution in [2.24, 2.45) is 17.8 Å². The molecule has 6 nitrogen and oxygen atoms in total. The molecule has 2 saturated heterocycles. The van der Waals surface area contributed by atoms with Crippen molar-refractivity contribution in [1.82, 2.24) is 10.2 Å². The summed E-state index contributed by atoms with van der Waals surface area (Å²) in [5, 5.41) is 3.15. The standard InChI is InChI=1S/C21H39BN2O4/c1-13(2)15(5)19(26)24-12-10-11-16(24)18(25)23-17(14(3)4)22-27-20(6,7)21(8,9)28-22/h13-17H,10-12H2,1-9H3,(H,23,25)/t15-,16-,17?/m0/s1. The lowest BCUT2D eigenvalue weighted by Crippen LogP contribution is -2.56. The summed E-state index contributed by atoms with van der Waals surface area (Å²) in [4.78, 5) is 27.7. The second-order valence-electron chi connectivity index (χ2n) is 10.1. The molecular formula is C21H39BN2O4. The fourth-order valence-corrected chi connectivity index (χ4v) is 3.69. The normalized spacial score (nSPS) is 26.0. The first kappa shape index (κ1) is 23.2. The smallest absolute Gasteiger partial charge is 0.402 e. The van der Waals surface area contributed by atoms with Gasteiger partial charge in [0.1, 0.15) is 6.04 Å². The van der Waals surface area contributed by atoms with Gasteiger partial charge in [-0.2, -0.15) is 0 Å². The summed E-state index contributed by atoms with van der Waals surface area (Å²) in [6.07, 6.45) is 1.56. The zero-order chi connectivity index (χ0) is 21.4. The molecule has 3 atom stereocenters. The van der Waals surface area contributed by atoms with Crippen LogP contribution in [0.4, 0.5) is 0 Å². The quantitative estimate of drug-likeness (QED) is 0.704. The lowest BCUT2D eigenvalue weighted by atomic mass is 9.72. The third-order valence-electron chi connectivity index (χ3n) is 6.82. The predicted molar refractivity (Wildman–Crippen MR) is 112 cm³/mol. The van der Waals surface area contributed by atoms with E-state index >= 15 is 0 Å². The second kappa shape index (κ2) is 8.35. The van der Waals surface area contributed by atoms with Gasteiger partial charge >= 0.3 is 7.12 Å². The molecule has 2 rings (SSSR count). The summed E-state index contributed by atoms with van der Waals surface area (Å²) in [6, 6.07) is -0.405. The van der Waals surface area contributed by atoms with E-state index in [0.29, 0.717) is 13.0 Å². The zero-order valence-corrected chi connectivity index (χ0v) is 19.2. The summed E-state index contributed by atoms with van der Waals surface area (Å²) in [5.41, 5.74) is -0.894. The Balaban J connectivity index is 2.11. The molecule has 0 spiro atoms. The summed E-state index contributed by atoms with van der Waals surface area (Å²) in [7, 11) is -0.505. The van der Waals surface area contributed by atoms with Gasteiger partial charge < -0.3 is 19.5 Å². The monoisotopic (exact) mass is 394 g/mol. The molecule has 0 aromatic rings. The van der Waals surface area contributed by atoms with Crippen LogP contribution in [-0.2, 0) is 18.9 Å². The average molecular weight is 394 g/mol. The number of nitrogens with one attached hydrogen (secondary N) is 1. The van der Waals surface area contributed by atoms with Crippen molar-refractivity contribution in [3.63, 3.8) is 0 Å². The molecular weight excluding hydrogens is 355 g/mol. The molecule has 1 unspecified atom stereocenters. The number of likely N-dealkylation sites (tertiary alicyclic amines) is 1. The van der Waals surface area contributed by atoms with Crippen LogP contribution < -0.4 is 5.32 Å². The van der Waals surface area contributed by atoms with Crippen LogP contribution in [0, 0.1) is 17.8 Å². The number of carbonyl (C=O) groups is 2. The molecule has 28 heavy (non-hydrogen) atoms. The molecule has 2 aliphatic rings. The molecule has 160 valence electrons. The molecule has 0 aromatic heterocycles. The van der Waals surface area contributed by atoms with Gasteiger partial charge in [-0.25, -0.2) is 0 Å². The zero-order valence-electron chi connectivity index (χ0n) is 19.2. The van der Waals surface area contributed by atoms with Crippen LogP contribution in [0.5, 0.6) is 0 Å². The molecule has 0 aliphatic carbocycles. The summed E-state index contributed by atoms with van der Waals surface area (Å²) >= 11 is 0. The third kappa shape index (κ3) is 4.56. The highest BCUT2D eigenvalue weighted by atomic mass is 16.7. The van der Waals surface area contributed by atoms with E-state index in [4.69, 9.17) is 9.31 Å². The van der Waals surface area contributed by atoms with E-state index in [1.54, 1.807) is 4.90 Å². The number of rotatable bonds is 6. The lowest BCUT2D eigenvalue weighted by Gasteiger charge is -2.32. The Morgan fingerprint density at radius 2 is 1.54 bits per heavy atom. The summed E-state index contributed by atoms with van der Waals surface area (Å²) in [6.45, 7) is 18.8. The maximum absolute atomic E-state index is 13.1. The van der Waals surface area contributed by atoms with Gasteiger partial charge in [0, 0.05) is 12.5 Å². The highest BCUT2D eigenvalue weighted by molar-refractivity contribution is 6.48. The van der Waals surface area contributed by atoms with Crippen molar-refractivity contribution in [3.05, 3.63) is 0 Å². The maximum atomic E-state index is 13.1. The van der Waals surface area contributed by atoms with E-state index in [0.717, 1.165) is 6.42 Å². The van der Waals surface area contributed by atoms with Crippen molar-refractivity contribution in [2.45, 2.75) is 98.3 Å². The highest BCUT2D eigenvalue weighted by Crippen LogP contribution is 2.38. The van der Waals surface area contributed by atoms with Gasteiger partial charge in [0.2, 0.25) is 11.8 Å². The van der Waals surface area contributed by atoms with Crippen molar-refractivity contribution >= 4 is 18.9 Å². The number of hydrogen-bond donors (Lipinski definition) is 1. The minimum atomic E-state index is -0.505. The second-order valence-corrected chi connectivity index (χ2v) is 10.1. The molecule has 0 saturated carbocycles. The molecule has 2 amide bonds. The van der Waals surface area contributed by atoms with E-state index in [1.807, 2.05) is 62.3 Å². The molecule has 2 aliphatic heterocycles. The number of hydrogen-bond acceptors (Lipinski definition) is 4. The van der Waals surface area contributed by atoms with Gasteiger partial charge in [0.15, 0.2) is 0 Å². The van der Waals surface area contributed by atoms with Crippen molar-refractivity contribution < 1.29 is 18.9 Å². The Labute approximate surface area is 171 Å². The highest BCUT2D eigenvalue weighted by Gasteiger charge is 2.55. The van der Waals surface area contributed by atoms with Crippen LogP contribution in [-0.4, -0.2) is 53.6 Å². The Hall–Kier alpha value is -1.08. The van der Waals surface area contributed by atoms with Crippen LogP contribution in [0.25, 0.3) is 0 Å². The van der Waals surface area contributed by atoms with Gasteiger partial charge in [0.25, 0.3) is 0 Å². The molecule has 7 heteroatoms. The average Bonchev–Trinajstić information content (AvgIpc) is 3.13. The van der Waals surface area contributed by atoms with Crippen LogP contribution in [0.1, 0.15) is 75.2 Å². The van der Waals surface area contributed by atoms with E-state index in [9.17, 15) is 9.59 Å². The summed E-state index contributed by atoms with van der Waals surface area (Å²) < 4.78 is 12.4. The topological polar surface area (TPSA) is 67.9 Å². The van der Waals surface area contributed by atoms with E-state index in [2.05, 4.69) is 5.32 Å². The van der Waals surface area contributed by atoms with E-state index < -0.39 is 24.4 Å². The Kier molecular flexibility index (Phi) is 6.92. The summed E-state index contributed by atoms with van der Waals surface area (Å²) in [5.74, 6) is 0.00869. The fraction of sp³-hybridized carbons (Fsp3) is 0.905. The van der Waals surface area contributed by atoms with Gasteiger partial charge in [-0.1, -0.05) is 34.6 Å². The Morgan fingerprint density at radius 1 is 1.00 bits per heavy atom.